The maximum atomic E-state index is 3.39. The standard InChI is InChI=1S/C8H20N2S/c1-4-10(2)7-5-9-6-8-11-3/h9H,4-8H2,1-3H3. The molecule has 0 bridgehead atoms. The smallest absolute Gasteiger partial charge is 0.0104 e. The van der Waals surface area contributed by atoms with Crippen molar-refractivity contribution in [3.05, 3.63) is 0 Å². The molecule has 11 heavy (non-hydrogen) atoms. The Morgan fingerprint density at radius 1 is 1.36 bits per heavy atom. The van der Waals surface area contributed by atoms with Gasteiger partial charge in [0.15, 0.2) is 0 Å². The molecule has 0 atom stereocenters. The Morgan fingerprint density at radius 3 is 2.64 bits per heavy atom. The molecule has 0 unspecified atom stereocenters. The van der Waals surface area contributed by atoms with E-state index in [1.165, 1.54) is 5.75 Å². The van der Waals surface area contributed by atoms with Gasteiger partial charge >= 0.3 is 0 Å². The zero-order chi connectivity index (χ0) is 8.53. The molecule has 0 aliphatic rings. The predicted molar refractivity (Wildman–Crippen MR) is 54.4 cm³/mol. The fourth-order valence-electron chi connectivity index (χ4n) is 0.727. The number of nitrogens with one attached hydrogen (secondary N) is 1. The second kappa shape index (κ2) is 8.37. The van der Waals surface area contributed by atoms with Crippen LogP contribution in [0.4, 0.5) is 0 Å². The molecule has 0 spiro atoms. The van der Waals surface area contributed by atoms with E-state index in [2.05, 4.69) is 30.4 Å². The van der Waals surface area contributed by atoms with E-state index in [-0.39, 0.29) is 0 Å². The van der Waals surface area contributed by atoms with Crippen LogP contribution in [0, 0.1) is 0 Å². The van der Waals surface area contributed by atoms with Gasteiger partial charge in [0, 0.05) is 25.4 Å². The molecule has 0 aliphatic carbocycles. The van der Waals surface area contributed by atoms with Crippen LogP contribution < -0.4 is 5.32 Å². The molecule has 0 aromatic carbocycles. The first-order chi connectivity index (χ1) is 5.31. The molecule has 1 N–H and O–H groups in total. The van der Waals surface area contributed by atoms with E-state index in [4.69, 9.17) is 0 Å². The molecule has 0 heterocycles. The van der Waals surface area contributed by atoms with Gasteiger partial charge in [0.05, 0.1) is 0 Å². The summed E-state index contributed by atoms with van der Waals surface area (Å²) in [4.78, 5) is 2.31. The van der Waals surface area contributed by atoms with Crippen molar-refractivity contribution < 1.29 is 0 Å². The van der Waals surface area contributed by atoms with Crippen molar-refractivity contribution in [1.82, 2.24) is 10.2 Å². The van der Waals surface area contributed by atoms with E-state index in [0.717, 1.165) is 26.2 Å². The quantitative estimate of drug-likeness (QED) is 0.580. The highest BCUT2D eigenvalue weighted by molar-refractivity contribution is 7.98. The van der Waals surface area contributed by atoms with Crippen LogP contribution in [0.2, 0.25) is 0 Å². The first-order valence-electron chi connectivity index (χ1n) is 4.19. The molecule has 0 saturated carbocycles. The average Bonchev–Trinajstić information content (AvgIpc) is 2.04. The normalized spacial score (nSPS) is 10.9. The van der Waals surface area contributed by atoms with Crippen LogP contribution in [-0.4, -0.2) is 50.1 Å². The number of nitrogens with zero attached hydrogens (tertiary/aromatic N) is 1. The third kappa shape index (κ3) is 8.17. The van der Waals surface area contributed by atoms with Gasteiger partial charge in [-0.1, -0.05) is 6.92 Å². The Bertz CT molecular complexity index is 78.5. The van der Waals surface area contributed by atoms with Crippen molar-refractivity contribution in [1.29, 1.82) is 0 Å². The van der Waals surface area contributed by atoms with Crippen molar-refractivity contribution >= 4 is 11.8 Å². The van der Waals surface area contributed by atoms with Crippen molar-refractivity contribution in [2.75, 3.05) is 45.2 Å². The van der Waals surface area contributed by atoms with E-state index in [0.29, 0.717) is 0 Å². The highest BCUT2D eigenvalue weighted by Crippen LogP contribution is 1.86. The fourth-order valence-corrected chi connectivity index (χ4v) is 1.08. The van der Waals surface area contributed by atoms with E-state index in [9.17, 15) is 0 Å². The van der Waals surface area contributed by atoms with Gasteiger partial charge < -0.3 is 10.2 Å². The highest BCUT2D eigenvalue weighted by atomic mass is 32.2. The molecule has 0 aliphatic heterocycles. The van der Waals surface area contributed by atoms with Gasteiger partial charge in [0.1, 0.15) is 0 Å². The summed E-state index contributed by atoms with van der Waals surface area (Å²) in [5, 5.41) is 3.39. The van der Waals surface area contributed by atoms with E-state index >= 15 is 0 Å². The Hall–Kier alpha value is 0.270. The minimum atomic E-state index is 1.12. The summed E-state index contributed by atoms with van der Waals surface area (Å²) in [5.74, 6) is 1.22. The molecule has 0 fully saturated rings. The lowest BCUT2D eigenvalue weighted by Gasteiger charge is -2.13. The first kappa shape index (κ1) is 11.3. The average molecular weight is 176 g/mol. The molecule has 2 nitrogen and oxygen atoms in total. The molecular weight excluding hydrogens is 156 g/mol. The van der Waals surface area contributed by atoms with E-state index in [1.807, 2.05) is 11.8 Å². The van der Waals surface area contributed by atoms with Gasteiger partial charge in [-0.05, 0) is 19.8 Å². The first-order valence-corrected chi connectivity index (χ1v) is 5.58. The Balaban J connectivity index is 2.89. The third-order valence-corrected chi connectivity index (χ3v) is 2.31. The van der Waals surface area contributed by atoms with Gasteiger partial charge in [-0.25, -0.2) is 0 Å². The molecule has 0 amide bonds. The summed E-state index contributed by atoms with van der Waals surface area (Å²) in [6, 6.07) is 0. The molecule has 3 heteroatoms. The van der Waals surface area contributed by atoms with E-state index in [1.54, 1.807) is 0 Å². The van der Waals surface area contributed by atoms with Crippen molar-refractivity contribution in [2.24, 2.45) is 0 Å². The predicted octanol–water partition coefficient (Wildman–Crippen LogP) is 0.891. The van der Waals surface area contributed by atoms with Crippen molar-refractivity contribution in [2.45, 2.75) is 6.92 Å². The van der Waals surface area contributed by atoms with Gasteiger partial charge in [-0.2, -0.15) is 11.8 Å². The summed E-state index contributed by atoms with van der Waals surface area (Å²) in [7, 11) is 2.15. The fraction of sp³-hybridized carbons (Fsp3) is 1.00. The number of hydrogen-bond donors (Lipinski definition) is 1. The topological polar surface area (TPSA) is 15.3 Å². The molecule has 0 radical (unpaired) electrons. The molecule has 68 valence electrons. The maximum absolute atomic E-state index is 3.39. The monoisotopic (exact) mass is 176 g/mol. The number of likely N-dealkylation sites (N-methyl/N-ethyl adjacent to an activating group) is 1. The van der Waals surface area contributed by atoms with Gasteiger partial charge in [-0.3, -0.25) is 0 Å². The largest absolute Gasteiger partial charge is 0.315 e. The second-order valence-electron chi connectivity index (χ2n) is 2.64. The second-order valence-corrected chi connectivity index (χ2v) is 3.62. The highest BCUT2D eigenvalue weighted by Gasteiger charge is 1.91. The van der Waals surface area contributed by atoms with Crippen LogP contribution in [0.15, 0.2) is 0 Å². The lowest BCUT2D eigenvalue weighted by atomic mass is 10.5. The van der Waals surface area contributed by atoms with Gasteiger partial charge in [0.2, 0.25) is 0 Å². The molecule has 0 rings (SSSR count). The Kier molecular flexibility index (Phi) is 8.57. The zero-order valence-corrected chi connectivity index (χ0v) is 8.71. The van der Waals surface area contributed by atoms with Crippen LogP contribution in [0.5, 0.6) is 0 Å². The van der Waals surface area contributed by atoms with Crippen LogP contribution in [-0.2, 0) is 0 Å². The van der Waals surface area contributed by atoms with Crippen LogP contribution in [0.3, 0.4) is 0 Å². The third-order valence-electron chi connectivity index (χ3n) is 1.69. The Morgan fingerprint density at radius 2 is 2.09 bits per heavy atom. The Labute approximate surface area is 74.7 Å². The van der Waals surface area contributed by atoms with Crippen LogP contribution in [0.1, 0.15) is 6.92 Å². The van der Waals surface area contributed by atoms with E-state index < -0.39 is 0 Å². The summed E-state index contributed by atoms with van der Waals surface area (Å²) >= 11 is 1.89. The summed E-state index contributed by atoms with van der Waals surface area (Å²) in [6.45, 7) is 6.74. The number of hydrogen-bond acceptors (Lipinski definition) is 3. The molecule has 0 saturated heterocycles. The van der Waals surface area contributed by atoms with Crippen LogP contribution >= 0.6 is 11.8 Å². The van der Waals surface area contributed by atoms with Crippen LogP contribution in [0.25, 0.3) is 0 Å². The summed E-state index contributed by atoms with van der Waals surface area (Å²) in [6.07, 6.45) is 2.14. The zero-order valence-electron chi connectivity index (χ0n) is 7.89. The minimum Gasteiger partial charge on any atom is -0.315 e. The minimum absolute atomic E-state index is 1.12. The molecule has 0 aromatic rings. The van der Waals surface area contributed by atoms with Crippen molar-refractivity contribution in [3.8, 4) is 0 Å². The van der Waals surface area contributed by atoms with Gasteiger partial charge in [-0.15, -0.1) is 0 Å². The molecular formula is C8H20N2S. The SMILES string of the molecule is CCN(C)CCNCCSC. The number of thioether (sulfide) groups is 1. The molecule has 0 aromatic heterocycles. The summed E-state index contributed by atoms with van der Waals surface area (Å²) < 4.78 is 0. The summed E-state index contributed by atoms with van der Waals surface area (Å²) in [5.41, 5.74) is 0. The maximum Gasteiger partial charge on any atom is 0.0104 e. The number of rotatable bonds is 7. The lowest BCUT2D eigenvalue weighted by molar-refractivity contribution is 0.351. The van der Waals surface area contributed by atoms with Gasteiger partial charge in [0.25, 0.3) is 0 Å². The lowest BCUT2D eigenvalue weighted by Crippen LogP contribution is -2.30. The van der Waals surface area contributed by atoms with Crippen molar-refractivity contribution in [3.63, 3.8) is 0 Å².